The molecule has 0 bridgehead atoms. The molecule has 10 heteroatoms. The molecule has 0 spiro atoms. The summed E-state index contributed by atoms with van der Waals surface area (Å²) in [7, 11) is 3.87. The summed E-state index contributed by atoms with van der Waals surface area (Å²) >= 11 is 1.40. The summed E-state index contributed by atoms with van der Waals surface area (Å²) in [6.45, 7) is 3.42. The molecule has 1 aromatic heterocycles. The highest BCUT2D eigenvalue weighted by Gasteiger charge is 2.40. The predicted octanol–water partition coefficient (Wildman–Crippen LogP) is 5.10. The van der Waals surface area contributed by atoms with Crippen LogP contribution in [-0.2, 0) is 20.9 Å². The van der Waals surface area contributed by atoms with E-state index in [0.717, 1.165) is 16.9 Å². The number of para-hydroxylation sites is 1. The summed E-state index contributed by atoms with van der Waals surface area (Å²) in [6, 6.07) is 22.9. The van der Waals surface area contributed by atoms with Crippen LogP contribution in [0.25, 0.3) is 11.3 Å². The number of thiazole rings is 1. The fourth-order valence-corrected chi connectivity index (χ4v) is 5.91. The van der Waals surface area contributed by atoms with E-state index in [1.54, 1.807) is 24.3 Å². The first kappa shape index (κ1) is 29.7. The van der Waals surface area contributed by atoms with E-state index >= 15 is 0 Å². The molecule has 3 amide bonds. The molecule has 4 aromatic rings. The zero-order chi connectivity index (χ0) is 30.7. The molecule has 0 unspecified atom stereocenters. The van der Waals surface area contributed by atoms with Gasteiger partial charge in [-0.3, -0.25) is 24.1 Å². The summed E-state index contributed by atoms with van der Waals surface area (Å²) in [5.41, 5.74) is 3.95. The van der Waals surface area contributed by atoms with E-state index in [2.05, 4.69) is 5.32 Å². The minimum atomic E-state index is -0.881. The fraction of sp³-hybridized carbons (Fsp3) is 0.242. The van der Waals surface area contributed by atoms with Crippen LogP contribution in [0, 0.1) is 5.92 Å². The van der Waals surface area contributed by atoms with E-state index in [0.29, 0.717) is 16.4 Å². The normalized spacial score (nSPS) is 13.2. The standard InChI is InChI=1S/C33H33N5O4S/c1-21(2)30(32(41)34-23-14-16-24(17-15-23)36(3)4)38(18-28-35-26(20-43-28)22-10-6-5-7-11-22)29(39)19-37-27-13-9-8-12-25(27)31(40)33(37)42/h5-17,20-21,30H,18-19H2,1-4H3,(H,34,41)/t30-/m0/s1. The summed E-state index contributed by atoms with van der Waals surface area (Å²) < 4.78 is 0. The van der Waals surface area contributed by atoms with Crippen LogP contribution in [0.4, 0.5) is 17.1 Å². The van der Waals surface area contributed by atoms with E-state index in [-0.39, 0.29) is 30.5 Å². The van der Waals surface area contributed by atoms with Gasteiger partial charge in [-0.05, 0) is 42.3 Å². The van der Waals surface area contributed by atoms with Gasteiger partial charge in [0.15, 0.2) is 0 Å². The number of amides is 3. The van der Waals surface area contributed by atoms with Crippen LogP contribution in [-0.4, -0.2) is 60.1 Å². The molecular formula is C33H33N5O4S. The summed E-state index contributed by atoms with van der Waals surface area (Å²) in [5, 5.41) is 5.53. The Bertz CT molecular complexity index is 1650. The van der Waals surface area contributed by atoms with Crippen molar-refractivity contribution < 1.29 is 19.2 Å². The molecule has 3 aromatic carbocycles. The lowest BCUT2D eigenvalue weighted by Crippen LogP contribution is -2.53. The number of benzene rings is 3. The number of hydrogen-bond acceptors (Lipinski definition) is 7. The van der Waals surface area contributed by atoms with Crippen LogP contribution < -0.4 is 15.1 Å². The van der Waals surface area contributed by atoms with E-state index < -0.39 is 23.6 Å². The Hall–Kier alpha value is -4.83. The second kappa shape index (κ2) is 12.6. The largest absolute Gasteiger partial charge is 0.378 e. The topological polar surface area (TPSA) is 103 Å². The van der Waals surface area contributed by atoms with Crippen molar-refractivity contribution in [1.29, 1.82) is 0 Å². The first-order chi connectivity index (χ1) is 20.6. The Kier molecular flexibility index (Phi) is 8.68. The highest BCUT2D eigenvalue weighted by atomic mass is 32.1. The van der Waals surface area contributed by atoms with Crippen LogP contribution in [0.3, 0.4) is 0 Å². The average molecular weight is 596 g/mol. The average Bonchev–Trinajstić information content (AvgIpc) is 3.56. The van der Waals surface area contributed by atoms with Gasteiger partial charge >= 0.3 is 0 Å². The Balaban J connectivity index is 1.45. The third-order valence-corrected chi connectivity index (χ3v) is 8.14. The molecule has 0 fully saturated rings. The maximum Gasteiger partial charge on any atom is 0.299 e. The number of fused-ring (bicyclic) bond motifs is 1. The molecule has 0 aliphatic carbocycles. The fourth-order valence-electron chi connectivity index (χ4n) is 5.11. The smallest absolute Gasteiger partial charge is 0.299 e. The van der Waals surface area contributed by atoms with Crippen molar-refractivity contribution in [3.05, 3.63) is 94.8 Å². The number of hydrogen-bond donors (Lipinski definition) is 1. The molecule has 220 valence electrons. The van der Waals surface area contributed by atoms with Crippen molar-refractivity contribution >= 4 is 51.9 Å². The van der Waals surface area contributed by atoms with E-state index in [9.17, 15) is 19.2 Å². The molecular weight excluding hydrogens is 562 g/mol. The van der Waals surface area contributed by atoms with Gasteiger partial charge < -0.3 is 15.1 Å². The van der Waals surface area contributed by atoms with Crippen LogP contribution in [0.15, 0.2) is 84.2 Å². The number of carbonyl (C=O) groups excluding carboxylic acids is 4. The minimum absolute atomic E-state index is 0.0593. The molecule has 1 aliphatic rings. The Morgan fingerprint density at radius 2 is 1.60 bits per heavy atom. The lowest BCUT2D eigenvalue weighted by molar-refractivity contribution is -0.140. The number of aromatic nitrogens is 1. The van der Waals surface area contributed by atoms with Crippen LogP contribution in [0.5, 0.6) is 0 Å². The summed E-state index contributed by atoms with van der Waals surface area (Å²) in [5.74, 6) is -2.51. The maximum atomic E-state index is 14.1. The maximum absolute atomic E-state index is 14.1. The van der Waals surface area contributed by atoms with Gasteiger partial charge in [0.25, 0.3) is 11.7 Å². The van der Waals surface area contributed by atoms with Gasteiger partial charge in [0.1, 0.15) is 17.6 Å². The van der Waals surface area contributed by atoms with Gasteiger partial charge in [0, 0.05) is 36.4 Å². The number of nitrogens with zero attached hydrogens (tertiary/aromatic N) is 4. The van der Waals surface area contributed by atoms with Crippen LogP contribution >= 0.6 is 11.3 Å². The highest BCUT2D eigenvalue weighted by Crippen LogP contribution is 2.30. The van der Waals surface area contributed by atoms with Gasteiger partial charge in [-0.2, -0.15) is 0 Å². The molecule has 5 rings (SSSR count). The zero-order valence-corrected chi connectivity index (χ0v) is 25.3. The number of carbonyl (C=O) groups is 4. The van der Waals surface area contributed by atoms with Crippen LogP contribution in [0.1, 0.15) is 29.2 Å². The summed E-state index contributed by atoms with van der Waals surface area (Å²) in [4.78, 5) is 62.8. The van der Waals surface area contributed by atoms with Crippen molar-refractivity contribution in [3.63, 3.8) is 0 Å². The lowest BCUT2D eigenvalue weighted by atomic mass is 10.0. The van der Waals surface area contributed by atoms with Gasteiger partial charge in [-0.1, -0.05) is 56.3 Å². The van der Waals surface area contributed by atoms with Crippen LogP contribution in [0.2, 0.25) is 0 Å². The number of anilines is 3. The Morgan fingerprint density at radius 1 is 0.930 bits per heavy atom. The molecule has 1 N–H and O–H groups in total. The molecule has 2 heterocycles. The van der Waals surface area contributed by atoms with E-state index in [4.69, 9.17) is 4.98 Å². The van der Waals surface area contributed by atoms with Crippen molar-refractivity contribution in [2.75, 3.05) is 35.8 Å². The molecule has 43 heavy (non-hydrogen) atoms. The molecule has 1 aliphatic heterocycles. The molecule has 0 saturated carbocycles. The third kappa shape index (κ3) is 6.34. The van der Waals surface area contributed by atoms with Crippen molar-refractivity contribution in [2.24, 2.45) is 5.92 Å². The Labute approximate surface area is 254 Å². The highest BCUT2D eigenvalue weighted by molar-refractivity contribution is 7.09. The van der Waals surface area contributed by atoms with Crippen molar-refractivity contribution in [1.82, 2.24) is 9.88 Å². The number of Topliss-reactive ketones (excluding diaryl/α,β-unsaturated/α-hetero) is 1. The second-order valence-electron chi connectivity index (χ2n) is 10.9. The Morgan fingerprint density at radius 3 is 2.28 bits per heavy atom. The molecule has 0 saturated heterocycles. The van der Waals surface area contributed by atoms with Gasteiger partial charge in [-0.15, -0.1) is 11.3 Å². The summed E-state index contributed by atoms with van der Waals surface area (Å²) in [6.07, 6.45) is 0. The monoisotopic (exact) mass is 595 g/mol. The van der Waals surface area contributed by atoms with Crippen molar-refractivity contribution in [3.8, 4) is 11.3 Å². The second-order valence-corrected chi connectivity index (χ2v) is 11.8. The SMILES string of the molecule is CC(C)[C@@H](C(=O)Nc1ccc(N(C)C)cc1)N(Cc1nc(-c2ccccc2)cs1)C(=O)CN1C(=O)C(=O)c2ccccc21. The molecule has 9 nitrogen and oxygen atoms in total. The van der Waals surface area contributed by atoms with Crippen molar-refractivity contribution in [2.45, 2.75) is 26.4 Å². The van der Waals surface area contributed by atoms with Gasteiger partial charge in [0.2, 0.25) is 11.8 Å². The molecule has 1 atom stereocenters. The third-order valence-electron chi connectivity index (χ3n) is 7.31. The minimum Gasteiger partial charge on any atom is -0.378 e. The first-order valence-electron chi connectivity index (χ1n) is 14.0. The quantitative estimate of drug-likeness (QED) is 0.256. The molecule has 0 radical (unpaired) electrons. The number of rotatable bonds is 10. The van der Waals surface area contributed by atoms with E-state index in [1.165, 1.54) is 21.1 Å². The zero-order valence-electron chi connectivity index (χ0n) is 24.5. The lowest BCUT2D eigenvalue weighted by Gasteiger charge is -2.34. The first-order valence-corrected chi connectivity index (χ1v) is 14.8. The van der Waals surface area contributed by atoms with E-state index in [1.807, 2.05) is 92.8 Å². The number of ketones is 1. The van der Waals surface area contributed by atoms with Gasteiger partial charge in [-0.25, -0.2) is 4.98 Å². The number of nitrogens with one attached hydrogen (secondary N) is 1. The predicted molar refractivity (Wildman–Crippen MR) is 169 cm³/mol. The van der Waals surface area contributed by atoms with Gasteiger partial charge in [0.05, 0.1) is 23.5 Å².